The maximum atomic E-state index is 5.76. The molecule has 1 aliphatic rings. The van der Waals surface area contributed by atoms with Gasteiger partial charge in [0.2, 0.25) is 0 Å². The Balaban J connectivity index is 2.17. The minimum absolute atomic E-state index is 0.438. The van der Waals surface area contributed by atoms with Crippen molar-refractivity contribution in [2.24, 2.45) is 5.41 Å². The molecule has 1 aromatic heterocycles. The van der Waals surface area contributed by atoms with Gasteiger partial charge in [0.05, 0.1) is 5.69 Å². The molecule has 1 aromatic rings. The Bertz CT molecular complexity index is 398. The summed E-state index contributed by atoms with van der Waals surface area (Å²) >= 11 is 0. The molecule has 0 atom stereocenters. The number of hydrogen-bond acceptors (Lipinski definition) is 4. The van der Waals surface area contributed by atoms with Gasteiger partial charge in [0.25, 0.3) is 0 Å². The van der Waals surface area contributed by atoms with Crippen molar-refractivity contribution in [3.8, 4) is 0 Å². The van der Waals surface area contributed by atoms with Gasteiger partial charge in [-0.1, -0.05) is 13.8 Å². The van der Waals surface area contributed by atoms with Crippen molar-refractivity contribution in [3.05, 3.63) is 12.1 Å². The molecular formula is C13H22N4. The van der Waals surface area contributed by atoms with Gasteiger partial charge in [0.1, 0.15) is 11.6 Å². The van der Waals surface area contributed by atoms with Crippen molar-refractivity contribution in [1.29, 1.82) is 0 Å². The van der Waals surface area contributed by atoms with E-state index in [4.69, 9.17) is 11.5 Å². The van der Waals surface area contributed by atoms with E-state index in [-0.39, 0.29) is 0 Å². The molecule has 1 aliphatic heterocycles. The molecule has 4 nitrogen and oxygen atoms in total. The van der Waals surface area contributed by atoms with Crippen LogP contribution in [-0.4, -0.2) is 18.1 Å². The molecule has 1 saturated heterocycles. The fourth-order valence-corrected chi connectivity index (χ4v) is 2.61. The second-order valence-electron chi connectivity index (χ2n) is 5.02. The van der Waals surface area contributed by atoms with Crippen molar-refractivity contribution in [2.75, 3.05) is 29.5 Å². The summed E-state index contributed by atoms with van der Waals surface area (Å²) in [6, 6.07) is 3.81. The summed E-state index contributed by atoms with van der Waals surface area (Å²) in [6.45, 7) is 6.70. The lowest BCUT2D eigenvalue weighted by molar-refractivity contribution is 0.301. The van der Waals surface area contributed by atoms with E-state index in [9.17, 15) is 0 Å². The molecule has 4 N–H and O–H groups in total. The van der Waals surface area contributed by atoms with Crippen LogP contribution in [0.25, 0.3) is 0 Å². The predicted octanol–water partition coefficient (Wildman–Crippen LogP) is 2.26. The molecule has 2 rings (SSSR count). The summed E-state index contributed by atoms with van der Waals surface area (Å²) in [6.07, 6.45) is 3.70. The minimum Gasteiger partial charge on any atom is -0.396 e. The number of nitrogen functional groups attached to an aromatic ring is 2. The lowest BCUT2D eigenvalue weighted by atomic mass is 9.82. The van der Waals surface area contributed by atoms with Crippen molar-refractivity contribution in [3.63, 3.8) is 0 Å². The van der Waals surface area contributed by atoms with Crippen LogP contribution in [0.15, 0.2) is 12.1 Å². The lowest BCUT2D eigenvalue weighted by Gasteiger charge is -2.26. The second-order valence-corrected chi connectivity index (χ2v) is 5.02. The number of nitrogens with zero attached hydrogens (tertiary/aromatic N) is 2. The van der Waals surface area contributed by atoms with E-state index < -0.39 is 0 Å². The molecule has 4 heteroatoms. The van der Waals surface area contributed by atoms with Crippen molar-refractivity contribution in [2.45, 2.75) is 33.1 Å². The SMILES string of the molecule is CCC1(CC)CCN(c2ccc(N)c(N)n2)C1. The van der Waals surface area contributed by atoms with Crippen LogP contribution in [0, 0.1) is 5.41 Å². The number of pyridine rings is 1. The molecule has 2 heterocycles. The average molecular weight is 234 g/mol. The van der Waals surface area contributed by atoms with E-state index in [2.05, 4.69) is 23.7 Å². The molecule has 0 bridgehead atoms. The van der Waals surface area contributed by atoms with E-state index in [1.807, 2.05) is 12.1 Å². The van der Waals surface area contributed by atoms with Gasteiger partial charge < -0.3 is 16.4 Å². The van der Waals surface area contributed by atoms with Gasteiger partial charge in [-0.3, -0.25) is 0 Å². The Labute approximate surface area is 103 Å². The van der Waals surface area contributed by atoms with Crippen molar-refractivity contribution in [1.82, 2.24) is 4.98 Å². The first-order valence-corrected chi connectivity index (χ1v) is 6.37. The molecule has 0 aliphatic carbocycles. The van der Waals surface area contributed by atoms with Crippen LogP contribution in [0.5, 0.6) is 0 Å². The Hall–Kier alpha value is -1.45. The normalized spacial score (nSPS) is 18.6. The van der Waals surface area contributed by atoms with E-state index in [0.29, 0.717) is 16.9 Å². The van der Waals surface area contributed by atoms with Crippen molar-refractivity contribution < 1.29 is 0 Å². The lowest BCUT2D eigenvalue weighted by Crippen LogP contribution is -2.26. The summed E-state index contributed by atoms with van der Waals surface area (Å²) in [4.78, 5) is 6.69. The standard InChI is InChI=1S/C13H22N4/c1-3-13(4-2)7-8-17(9-13)11-6-5-10(14)12(15)16-11/h5-6H,3-4,7-9,14H2,1-2H3,(H2,15,16). The zero-order valence-corrected chi connectivity index (χ0v) is 10.7. The molecule has 94 valence electrons. The van der Waals surface area contributed by atoms with E-state index >= 15 is 0 Å². The summed E-state index contributed by atoms with van der Waals surface area (Å²) in [5.41, 5.74) is 12.5. The fourth-order valence-electron chi connectivity index (χ4n) is 2.61. The smallest absolute Gasteiger partial charge is 0.149 e. The maximum Gasteiger partial charge on any atom is 0.149 e. The zero-order chi connectivity index (χ0) is 12.5. The van der Waals surface area contributed by atoms with Crippen LogP contribution in [-0.2, 0) is 0 Å². The quantitative estimate of drug-likeness (QED) is 0.841. The van der Waals surface area contributed by atoms with E-state index in [1.165, 1.54) is 19.3 Å². The third-order valence-electron chi connectivity index (χ3n) is 4.21. The monoisotopic (exact) mass is 234 g/mol. The van der Waals surface area contributed by atoms with Crippen LogP contribution in [0.3, 0.4) is 0 Å². The molecule has 0 amide bonds. The predicted molar refractivity (Wildman–Crippen MR) is 72.9 cm³/mol. The first-order chi connectivity index (χ1) is 8.10. The van der Waals surface area contributed by atoms with Gasteiger partial charge in [-0.05, 0) is 36.8 Å². The third-order valence-corrected chi connectivity index (χ3v) is 4.21. The van der Waals surface area contributed by atoms with E-state index in [0.717, 1.165) is 18.9 Å². The highest BCUT2D eigenvalue weighted by atomic mass is 15.2. The highest BCUT2D eigenvalue weighted by Crippen LogP contribution is 2.38. The Morgan fingerprint density at radius 1 is 1.29 bits per heavy atom. The molecule has 1 fully saturated rings. The number of anilines is 3. The third kappa shape index (κ3) is 2.16. The number of aromatic nitrogens is 1. The first-order valence-electron chi connectivity index (χ1n) is 6.37. The minimum atomic E-state index is 0.438. The summed E-state index contributed by atoms with van der Waals surface area (Å²) in [5, 5.41) is 0. The van der Waals surface area contributed by atoms with Crippen molar-refractivity contribution >= 4 is 17.3 Å². The van der Waals surface area contributed by atoms with Crippen LogP contribution in [0.4, 0.5) is 17.3 Å². The van der Waals surface area contributed by atoms with Gasteiger partial charge in [-0.2, -0.15) is 0 Å². The van der Waals surface area contributed by atoms with Gasteiger partial charge in [0, 0.05) is 13.1 Å². The summed E-state index contributed by atoms with van der Waals surface area (Å²) in [7, 11) is 0. The molecule has 0 radical (unpaired) electrons. The molecule has 0 unspecified atom stereocenters. The molecule has 0 saturated carbocycles. The summed E-state index contributed by atoms with van der Waals surface area (Å²) in [5.74, 6) is 1.40. The zero-order valence-electron chi connectivity index (χ0n) is 10.7. The first kappa shape index (κ1) is 12.0. The number of hydrogen-bond donors (Lipinski definition) is 2. The van der Waals surface area contributed by atoms with Crippen LogP contribution >= 0.6 is 0 Å². The molecular weight excluding hydrogens is 212 g/mol. The second kappa shape index (κ2) is 4.43. The Morgan fingerprint density at radius 3 is 2.53 bits per heavy atom. The highest BCUT2D eigenvalue weighted by molar-refractivity contribution is 5.62. The molecule has 17 heavy (non-hydrogen) atoms. The van der Waals surface area contributed by atoms with Crippen LogP contribution in [0.1, 0.15) is 33.1 Å². The average Bonchev–Trinajstić information content (AvgIpc) is 2.78. The number of rotatable bonds is 3. The Kier molecular flexibility index (Phi) is 3.13. The summed E-state index contributed by atoms with van der Waals surface area (Å²) < 4.78 is 0. The van der Waals surface area contributed by atoms with Crippen LogP contribution in [0.2, 0.25) is 0 Å². The fraction of sp³-hybridized carbons (Fsp3) is 0.615. The van der Waals surface area contributed by atoms with Gasteiger partial charge >= 0.3 is 0 Å². The number of nitrogens with two attached hydrogens (primary N) is 2. The van der Waals surface area contributed by atoms with E-state index in [1.54, 1.807) is 0 Å². The van der Waals surface area contributed by atoms with Gasteiger partial charge in [0.15, 0.2) is 0 Å². The largest absolute Gasteiger partial charge is 0.396 e. The Morgan fingerprint density at radius 2 is 2.00 bits per heavy atom. The molecule has 0 aromatic carbocycles. The maximum absolute atomic E-state index is 5.76. The van der Waals surface area contributed by atoms with Crippen LogP contribution < -0.4 is 16.4 Å². The van der Waals surface area contributed by atoms with Gasteiger partial charge in [-0.25, -0.2) is 4.98 Å². The molecule has 0 spiro atoms. The highest BCUT2D eigenvalue weighted by Gasteiger charge is 2.35. The topological polar surface area (TPSA) is 68.2 Å². The van der Waals surface area contributed by atoms with Gasteiger partial charge in [-0.15, -0.1) is 0 Å².